The zero-order valence-electron chi connectivity index (χ0n) is 23.6. The minimum Gasteiger partial charge on any atom is -0.496 e. The Hall–Kier alpha value is -5.71. The Kier molecular flexibility index (Phi) is 7.67. The van der Waals surface area contributed by atoms with Crippen molar-refractivity contribution >= 4 is 40.1 Å². The van der Waals surface area contributed by atoms with Crippen LogP contribution in [0.1, 0.15) is 28.9 Å². The Morgan fingerprint density at radius 1 is 0.886 bits per heavy atom. The van der Waals surface area contributed by atoms with Crippen molar-refractivity contribution < 1.29 is 28.2 Å². The smallest absolute Gasteiger partial charge is 0.268 e. The average Bonchev–Trinajstić information content (AvgIpc) is 3.74. The lowest BCUT2D eigenvalue weighted by Gasteiger charge is -2.16. The molecule has 2 heterocycles. The van der Waals surface area contributed by atoms with Gasteiger partial charge in [0.05, 0.1) is 12.5 Å². The first-order valence-corrected chi connectivity index (χ1v) is 13.9. The Bertz CT molecular complexity index is 1850. The van der Waals surface area contributed by atoms with Crippen LogP contribution < -0.4 is 25.4 Å². The highest BCUT2D eigenvalue weighted by Gasteiger charge is 2.56. The number of para-hydroxylation sites is 1. The summed E-state index contributed by atoms with van der Waals surface area (Å²) in [6, 6.07) is 22.9. The average molecular weight is 594 g/mol. The highest BCUT2D eigenvalue weighted by Crippen LogP contribution is 2.47. The topological polar surface area (TPSA) is 134 Å². The molecule has 2 aromatic heterocycles. The monoisotopic (exact) mass is 593 g/mol. The van der Waals surface area contributed by atoms with Crippen LogP contribution in [-0.2, 0) is 16.1 Å². The van der Waals surface area contributed by atoms with Gasteiger partial charge in [-0.05, 0) is 79.6 Å². The van der Waals surface area contributed by atoms with Crippen molar-refractivity contribution in [3.05, 3.63) is 108 Å². The van der Waals surface area contributed by atoms with Crippen LogP contribution in [-0.4, -0.2) is 34.8 Å². The molecule has 3 amide bonds. The van der Waals surface area contributed by atoms with Gasteiger partial charge >= 0.3 is 0 Å². The first-order chi connectivity index (χ1) is 21.3. The number of carbonyl (C=O) groups excluding carboxylic acids is 3. The molecule has 1 fully saturated rings. The molecule has 222 valence electrons. The molecule has 0 aliphatic heterocycles. The summed E-state index contributed by atoms with van der Waals surface area (Å²) < 4.78 is 24.6. The van der Waals surface area contributed by atoms with Gasteiger partial charge in [0.2, 0.25) is 11.8 Å². The van der Waals surface area contributed by atoms with Gasteiger partial charge in [0, 0.05) is 29.7 Å². The Morgan fingerprint density at radius 3 is 2.20 bits per heavy atom. The van der Waals surface area contributed by atoms with E-state index in [1.165, 1.54) is 24.3 Å². The molecule has 3 aromatic carbocycles. The first kappa shape index (κ1) is 28.4. The van der Waals surface area contributed by atoms with Gasteiger partial charge in [0.25, 0.3) is 5.91 Å². The van der Waals surface area contributed by atoms with E-state index >= 15 is 0 Å². The van der Waals surface area contributed by atoms with E-state index in [9.17, 15) is 18.8 Å². The van der Waals surface area contributed by atoms with Crippen molar-refractivity contribution in [3.63, 3.8) is 0 Å². The first-order valence-electron chi connectivity index (χ1n) is 13.9. The third-order valence-corrected chi connectivity index (χ3v) is 7.43. The number of rotatable bonds is 10. The number of hydrogen-bond acceptors (Lipinski definition) is 6. The van der Waals surface area contributed by atoms with Crippen LogP contribution in [0.15, 0.2) is 91.1 Å². The number of H-pyrrole nitrogens is 1. The van der Waals surface area contributed by atoms with E-state index < -0.39 is 23.0 Å². The van der Waals surface area contributed by atoms with Crippen molar-refractivity contribution in [1.82, 2.24) is 15.3 Å². The summed E-state index contributed by atoms with van der Waals surface area (Å²) in [5.74, 6) is 0.110. The van der Waals surface area contributed by atoms with Crippen LogP contribution in [0.4, 0.5) is 15.8 Å². The largest absolute Gasteiger partial charge is 0.496 e. The molecule has 44 heavy (non-hydrogen) atoms. The molecule has 0 bridgehead atoms. The molecule has 1 saturated carbocycles. The second-order valence-corrected chi connectivity index (χ2v) is 10.4. The van der Waals surface area contributed by atoms with Crippen molar-refractivity contribution in [3.8, 4) is 17.2 Å². The number of carbonyl (C=O) groups is 3. The number of pyridine rings is 1. The Balaban J connectivity index is 1.09. The van der Waals surface area contributed by atoms with E-state index in [1.54, 1.807) is 49.7 Å². The molecule has 0 unspecified atom stereocenters. The fourth-order valence-corrected chi connectivity index (χ4v) is 4.78. The van der Waals surface area contributed by atoms with Crippen molar-refractivity contribution in [1.29, 1.82) is 0 Å². The minimum atomic E-state index is -1.17. The lowest BCUT2D eigenvalue weighted by molar-refractivity contribution is -0.131. The Labute approximate surface area is 251 Å². The summed E-state index contributed by atoms with van der Waals surface area (Å²) >= 11 is 0. The van der Waals surface area contributed by atoms with Crippen molar-refractivity contribution in [2.24, 2.45) is 5.41 Å². The highest BCUT2D eigenvalue weighted by atomic mass is 19.1. The normalized spacial score (nSPS) is 13.1. The maximum atomic E-state index is 13.2. The number of fused-ring (bicyclic) bond motifs is 1. The van der Waals surface area contributed by atoms with Gasteiger partial charge in [0.15, 0.2) is 0 Å². The fraction of sp³-hybridized carbons (Fsp3) is 0.152. The van der Waals surface area contributed by atoms with Crippen LogP contribution in [0, 0.1) is 11.2 Å². The summed E-state index contributed by atoms with van der Waals surface area (Å²) in [7, 11) is 1.58. The molecule has 4 N–H and O–H groups in total. The standard InChI is InChI=1S/C33H28FN5O5/c1-43-27-5-3-2-4-20(27)19-36-30(40)26-18-25-28(14-17-35-29(25)39-26)44-24-12-10-23(11-13-24)38-32(42)33(15-16-33)31(41)37-22-8-6-21(34)7-9-22/h2-14,17-18H,15-16,19H2,1H3,(H,35,39)(H,36,40)(H,37,41)(H,38,42). The van der Waals surface area contributed by atoms with E-state index in [0.717, 1.165) is 5.56 Å². The number of aromatic amines is 1. The molecule has 0 saturated heterocycles. The molecule has 0 radical (unpaired) electrons. The van der Waals surface area contributed by atoms with Crippen LogP contribution in [0.2, 0.25) is 0 Å². The van der Waals surface area contributed by atoms with Gasteiger partial charge in [-0.25, -0.2) is 9.37 Å². The van der Waals surface area contributed by atoms with E-state index in [-0.39, 0.29) is 12.5 Å². The van der Waals surface area contributed by atoms with Crippen LogP contribution in [0.5, 0.6) is 17.2 Å². The lowest BCUT2D eigenvalue weighted by atomic mass is 10.0. The molecular formula is C33H28FN5O5. The number of aromatic nitrogens is 2. The molecule has 11 heteroatoms. The number of nitrogens with zero attached hydrogens (tertiary/aromatic N) is 1. The van der Waals surface area contributed by atoms with Crippen LogP contribution in [0.25, 0.3) is 11.0 Å². The number of anilines is 2. The zero-order valence-corrected chi connectivity index (χ0v) is 23.6. The summed E-state index contributed by atoms with van der Waals surface area (Å²) in [6.45, 7) is 0.290. The SMILES string of the molecule is COc1ccccc1CNC(=O)c1cc2c(Oc3ccc(NC(=O)C4(C(=O)Nc5ccc(F)cc5)CC4)cc3)ccnc2[nH]1. The van der Waals surface area contributed by atoms with E-state index in [0.29, 0.717) is 58.2 Å². The number of amides is 3. The third kappa shape index (κ3) is 5.93. The number of ether oxygens (including phenoxy) is 2. The van der Waals surface area contributed by atoms with Gasteiger partial charge in [-0.15, -0.1) is 0 Å². The van der Waals surface area contributed by atoms with E-state index in [2.05, 4.69) is 25.9 Å². The maximum Gasteiger partial charge on any atom is 0.268 e. The molecule has 5 aromatic rings. The highest BCUT2D eigenvalue weighted by molar-refractivity contribution is 6.16. The third-order valence-electron chi connectivity index (χ3n) is 7.43. The van der Waals surface area contributed by atoms with Gasteiger partial charge in [-0.3, -0.25) is 14.4 Å². The predicted octanol–water partition coefficient (Wildman–Crippen LogP) is 5.79. The van der Waals surface area contributed by atoms with Crippen molar-refractivity contribution in [2.45, 2.75) is 19.4 Å². The second kappa shape index (κ2) is 11.9. The van der Waals surface area contributed by atoms with Gasteiger partial charge in [0.1, 0.15) is 39.8 Å². The fourth-order valence-electron chi connectivity index (χ4n) is 4.78. The molecule has 1 aliphatic carbocycles. The molecular weight excluding hydrogens is 565 g/mol. The second-order valence-electron chi connectivity index (χ2n) is 10.4. The van der Waals surface area contributed by atoms with Crippen LogP contribution in [0.3, 0.4) is 0 Å². The number of hydrogen-bond donors (Lipinski definition) is 4. The molecule has 10 nitrogen and oxygen atoms in total. The zero-order chi connectivity index (χ0) is 30.7. The molecule has 0 spiro atoms. The quantitative estimate of drug-likeness (QED) is 0.152. The number of benzene rings is 3. The lowest BCUT2D eigenvalue weighted by Crippen LogP contribution is -2.35. The number of methoxy groups -OCH3 is 1. The Morgan fingerprint density at radius 2 is 1.55 bits per heavy atom. The molecule has 6 rings (SSSR count). The van der Waals surface area contributed by atoms with E-state index in [1.807, 2.05) is 24.3 Å². The van der Waals surface area contributed by atoms with Gasteiger partial charge in [-0.2, -0.15) is 0 Å². The van der Waals surface area contributed by atoms with Gasteiger partial charge in [-0.1, -0.05) is 18.2 Å². The van der Waals surface area contributed by atoms with Crippen LogP contribution >= 0.6 is 0 Å². The summed E-state index contributed by atoms with van der Waals surface area (Å²) in [5.41, 5.74) is 1.42. The number of halogens is 1. The number of nitrogens with one attached hydrogen (secondary N) is 4. The van der Waals surface area contributed by atoms with Crippen molar-refractivity contribution in [2.75, 3.05) is 17.7 Å². The molecule has 0 atom stereocenters. The summed E-state index contributed by atoms with van der Waals surface area (Å²) in [4.78, 5) is 46.1. The van der Waals surface area contributed by atoms with Gasteiger partial charge < -0.3 is 30.4 Å². The minimum absolute atomic E-state index is 0.290. The maximum absolute atomic E-state index is 13.2. The molecule has 1 aliphatic rings. The predicted molar refractivity (Wildman–Crippen MR) is 162 cm³/mol. The summed E-state index contributed by atoms with van der Waals surface area (Å²) in [5, 5.41) is 9.00. The summed E-state index contributed by atoms with van der Waals surface area (Å²) in [6.07, 6.45) is 2.41. The van der Waals surface area contributed by atoms with E-state index in [4.69, 9.17) is 9.47 Å².